The zero-order valence-corrected chi connectivity index (χ0v) is 16.2. The number of nitriles is 1. The van der Waals surface area contributed by atoms with Crippen LogP contribution in [0, 0.1) is 18.3 Å². The zero-order valence-electron chi connectivity index (χ0n) is 14.5. The second kappa shape index (κ2) is 7.72. The van der Waals surface area contributed by atoms with E-state index in [0.29, 0.717) is 21.6 Å². The van der Waals surface area contributed by atoms with Crippen molar-refractivity contribution in [3.05, 3.63) is 65.7 Å². The minimum absolute atomic E-state index is 0.00742. The molecular weight excluding hydrogens is 400 g/mol. The van der Waals surface area contributed by atoms with Crippen LogP contribution in [-0.2, 0) is 10.0 Å². The van der Waals surface area contributed by atoms with Crippen molar-refractivity contribution in [1.29, 1.82) is 5.26 Å². The Morgan fingerprint density at radius 2 is 1.93 bits per heavy atom. The van der Waals surface area contributed by atoms with Gasteiger partial charge in [0.25, 0.3) is 10.0 Å². The van der Waals surface area contributed by atoms with Gasteiger partial charge in [0.15, 0.2) is 0 Å². The second-order valence-electron chi connectivity index (χ2n) is 5.74. The summed E-state index contributed by atoms with van der Waals surface area (Å²) in [6.07, 6.45) is -1.56. The second-order valence-corrected chi connectivity index (χ2v) is 8.41. The number of carboxylic acid groups (broad SMARTS) is 1. The molecule has 0 fully saturated rings. The fraction of sp³-hybridized carbons (Fsp3) is 0.0526. The maximum Gasteiger partial charge on any atom is 0.512 e. The lowest BCUT2D eigenvalue weighted by Crippen LogP contribution is -2.15. The first-order valence-corrected chi connectivity index (χ1v) is 10.2. The van der Waals surface area contributed by atoms with Crippen LogP contribution in [0.4, 0.5) is 10.5 Å². The number of nitrogens with one attached hydrogen (secondary N) is 1. The summed E-state index contributed by atoms with van der Waals surface area (Å²) in [7, 11) is -3.95. The topological polar surface area (TPSA) is 116 Å². The van der Waals surface area contributed by atoms with Crippen molar-refractivity contribution < 1.29 is 23.1 Å². The Morgan fingerprint density at radius 1 is 1.18 bits per heavy atom. The van der Waals surface area contributed by atoms with Gasteiger partial charge in [-0.1, -0.05) is 41.7 Å². The molecule has 0 aliphatic carbocycles. The molecule has 0 aliphatic rings. The first-order chi connectivity index (χ1) is 13.3. The van der Waals surface area contributed by atoms with E-state index >= 15 is 0 Å². The van der Waals surface area contributed by atoms with Crippen molar-refractivity contribution in [3.8, 4) is 21.6 Å². The first kappa shape index (κ1) is 19.4. The van der Waals surface area contributed by atoms with Gasteiger partial charge in [0.2, 0.25) is 5.06 Å². The van der Waals surface area contributed by atoms with Crippen molar-refractivity contribution in [1.82, 2.24) is 0 Å². The molecule has 0 saturated carbocycles. The van der Waals surface area contributed by atoms with Gasteiger partial charge >= 0.3 is 6.16 Å². The van der Waals surface area contributed by atoms with Gasteiger partial charge in [-0.05, 0) is 42.3 Å². The highest BCUT2D eigenvalue weighted by Gasteiger charge is 2.22. The lowest BCUT2D eigenvalue weighted by Gasteiger charge is -2.10. The largest absolute Gasteiger partial charge is 0.512 e. The van der Waals surface area contributed by atoms with E-state index in [9.17, 15) is 13.2 Å². The monoisotopic (exact) mass is 414 g/mol. The van der Waals surface area contributed by atoms with Crippen molar-refractivity contribution >= 4 is 33.2 Å². The molecule has 0 saturated heterocycles. The molecule has 0 atom stereocenters. The lowest BCUT2D eigenvalue weighted by atomic mass is 10.1. The van der Waals surface area contributed by atoms with Crippen LogP contribution in [0.3, 0.4) is 0 Å². The van der Waals surface area contributed by atoms with Gasteiger partial charge in [0, 0.05) is 4.88 Å². The molecule has 0 bridgehead atoms. The maximum absolute atomic E-state index is 12.8. The number of hydrogen-bond acceptors (Lipinski definition) is 6. The third-order valence-electron chi connectivity index (χ3n) is 3.78. The van der Waals surface area contributed by atoms with Crippen LogP contribution in [0.25, 0.3) is 10.4 Å². The van der Waals surface area contributed by atoms with Crippen LogP contribution < -0.4 is 9.46 Å². The van der Waals surface area contributed by atoms with Crippen LogP contribution in [0.5, 0.6) is 5.06 Å². The van der Waals surface area contributed by atoms with E-state index in [-0.39, 0.29) is 15.6 Å². The summed E-state index contributed by atoms with van der Waals surface area (Å²) in [6, 6.07) is 16.6. The van der Waals surface area contributed by atoms with Gasteiger partial charge in [0.05, 0.1) is 16.5 Å². The number of hydrogen-bond donors (Lipinski definition) is 2. The number of ether oxygens (including phenoxy) is 1. The summed E-state index contributed by atoms with van der Waals surface area (Å²) in [5, 5.41) is 17.9. The Labute approximate surface area is 165 Å². The molecule has 0 aliphatic heterocycles. The summed E-state index contributed by atoms with van der Waals surface area (Å²) >= 11 is 0.961. The average molecular weight is 414 g/mol. The van der Waals surface area contributed by atoms with Crippen molar-refractivity contribution in [2.24, 2.45) is 0 Å². The first-order valence-electron chi connectivity index (χ1n) is 7.94. The molecule has 0 unspecified atom stereocenters. The smallest absolute Gasteiger partial charge is 0.449 e. The van der Waals surface area contributed by atoms with E-state index in [0.717, 1.165) is 11.3 Å². The van der Waals surface area contributed by atoms with E-state index in [1.807, 2.05) is 6.07 Å². The Hall–Kier alpha value is -3.35. The van der Waals surface area contributed by atoms with E-state index in [4.69, 9.17) is 15.1 Å². The van der Waals surface area contributed by atoms with Gasteiger partial charge in [-0.3, -0.25) is 4.72 Å². The number of nitrogens with zero attached hydrogens (tertiary/aromatic N) is 1. The quantitative estimate of drug-likeness (QED) is 0.596. The molecule has 0 radical (unpaired) electrons. The average Bonchev–Trinajstić information content (AvgIpc) is 3.03. The van der Waals surface area contributed by atoms with Gasteiger partial charge < -0.3 is 9.84 Å². The highest BCUT2D eigenvalue weighted by atomic mass is 32.2. The van der Waals surface area contributed by atoms with Gasteiger partial charge in [0.1, 0.15) is 5.69 Å². The van der Waals surface area contributed by atoms with Crippen LogP contribution in [0.2, 0.25) is 0 Å². The molecule has 7 nitrogen and oxygen atoms in total. The number of benzene rings is 2. The minimum atomic E-state index is -3.95. The fourth-order valence-electron chi connectivity index (χ4n) is 2.54. The van der Waals surface area contributed by atoms with Crippen molar-refractivity contribution in [2.75, 3.05) is 4.72 Å². The molecular formula is C19H14N2O5S2. The van der Waals surface area contributed by atoms with E-state index in [1.54, 1.807) is 49.4 Å². The molecule has 0 spiro atoms. The summed E-state index contributed by atoms with van der Waals surface area (Å²) < 4.78 is 32.7. The number of sulfonamides is 1. The normalized spacial score (nSPS) is 10.9. The van der Waals surface area contributed by atoms with E-state index in [2.05, 4.69) is 4.72 Å². The SMILES string of the molecule is Cc1ccccc1S(=O)(=O)Nc1cc(-c2cccc(C#N)c2)sc1OC(=O)O. The summed E-state index contributed by atoms with van der Waals surface area (Å²) in [6.45, 7) is 1.66. The molecule has 0 amide bonds. The minimum Gasteiger partial charge on any atom is -0.449 e. The fourth-order valence-corrected chi connectivity index (χ4v) is 4.86. The number of carbonyl (C=O) groups is 1. The third-order valence-corrected chi connectivity index (χ3v) is 6.37. The number of anilines is 1. The van der Waals surface area contributed by atoms with Crippen molar-refractivity contribution in [3.63, 3.8) is 0 Å². The predicted octanol–water partition coefficient (Wildman–Crippen LogP) is 4.45. The van der Waals surface area contributed by atoms with Crippen LogP contribution in [0.1, 0.15) is 11.1 Å². The summed E-state index contributed by atoms with van der Waals surface area (Å²) in [5.41, 5.74) is 1.62. The molecule has 1 aromatic heterocycles. The predicted molar refractivity (Wildman–Crippen MR) is 105 cm³/mol. The Balaban J connectivity index is 2.04. The highest BCUT2D eigenvalue weighted by molar-refractivity contribution is 7.92. The summed E-state index contributed by atoms with van der Waals surface area (Å²) in [4.78, 5) is 11.7. The Bertz CT molecular complexity index is 1190. The van der Waals surface area contributed by atoms with Gasteiger partial charge in [-0.25, -0.2) is 13.2 Å². The number of thiophene rings is 1. The highest BCUT2D eigenvalue weighted by Crippen LogP contribution is 2.42. The molecule has 9 heteroatoms. The maximum atomic E-state index is 12.8. The molecule has 2 N–H and O–H groups in total. The van der Waals surface area contributed by atoms with Crippen LogP contribution in [-0.4, -0.2) is 19.7 Å². The number of rotatable bonds is 5. The van der Waals surface area contributed by atoms with Gasteiger partial charge in [-0.15, -0.1) is 0 Å². The summed E-state index contributed by atoms with van der Waals surface area (Å²) in [5.74, 6) is 0. The van der Waals surface area contributed by atoms with E-state index in [1.165, 1.54) is 12.1 Å². The zero-order chi connectivity index (χ0) is 20.3. The molecule has 1 heterocycles. The van der Waals surface area contributed by atoms with E-state index < -0.39 is 16.2 Å². The standard InChI is InChI=1S/C19H14N2O5S2/c1-12-5-2-3-8-17(12)28(24,25)21-15-10-16(27-18(15)26-19(22)23)14-7-4-6-13(9-14)11-20/h2-10,21H,1H3,(H,22,23). The van der Waals surface area contributed by atoms with Crippen LogP contribution in [0.15, 0.2) is 59.5 Å². The molecule has 28 heavy (non-hydrogen) atoms. The van der Waals surface area contributed by atoms with Crippen LogP contribution >= 0.6 is 11.3 Å². The molecule has 3 rings (SSSR count). The lowest BCUT2D eigenvalue weighted by molar-refractivity contribution is 0.146. The molecule has 3 aromatic rings. The van der Waals surface area contributed by atoms with Gasteiger partial charge in [-0.2, -0.15) is 5.26 Å². The van der Waals surface area contributed by atoms with Crippen molar-refractivity contribution in [2.45, 2.75) is 11.8 Å². The number of aryl methyl sites for hydroxylation is 1. The third kappa shape index (κ3) is 4.14. The molecule has 142 valence electrons. The Morgan fingerprint density at radius 3 is 2.61 bits per heavy atom. The molecule has 2 aromatic carbocycles. The Kier molecular flexibility index (Phi) is 5.35.